The normalized spacial score (nSPS) is 17.9. The highest BCUT2D eigenvalue weighted by Gasteiger charge is 2.27. The molecule has 0 aromatic carbocycles. The average Bonchev–Trinajstić information content (AvgIpc) is 2.99. The molecule has 1 saturated heterocycles. The Bertz CT molecular complexity index is 594. The summed E-state index contributed by atoms with van der Waals surface area (Å²) in [5.74, 6) is 0. The summed E-state index contributed by atoms with van der Waals surface area (Å²) >= 11 is 0. The monoisotopic (exact) mass is 316 g/mol. The second kappa shape index (κ2) is 6.99. The number of rotatable bonds is 6. The first-order valence-corrected chi connectivity index (χ1v) is 8.71. The number of aromatic nitrogens is 2. The number of pyridine rings is 1. The van der Waals surface area contributed by atoms with Crippen molar-refractivity contribution < 1.29 is 5.11 Å². The van der Waals surface area contributed by atoms with Crippen LogP contribution in [0.25, 0.3) is 5.65 Å². The number of hydrogen-bond donors (Lipinski definition) is 1. The maximum Gasteiger partial charge on any atom is 0.137 e. The van der Waals surface area contributed by atoms with Gasteiger partial charge in [-0.3, -0.25) is 9.80 Å². The molecule has 126 valence electrons. The van der Waals surface area contributed by atoms with Crippen molar-refractivity contribution in [3.05, 3.63) is 36.3 Å². The topological polar surface area (TPSA) is 44.0 Å². The zero-order valence-corrected chi connectivity index (χ0v) is 14.3. The molecule has 0 atom stereocenters. The van der Waals surface area contributed by atoms with Gasteiger partial charge >= 0.3 is 0 Å². The molecule has 1 aliphatic rings. The Balaban J connectivity index is 1.53. The van der Waals surface area contributed by atoms with Gasteiger partial charge in [-0.15, -0.1) is 0 Å². The Morgan fingerprint density at radius 1 is 1.09 bits per heavy atom. The number of piperazine rings is 1. The van der Waals surface area contributed by atoms with E-state index in [1.807, 2.05) is 24.4 Å². The molecule has 5 heteroatoms. The summed E-state index contributed by atoms with van der Waals surface area (Å²) in [6, 6.07) is 6.09. The van der Waals surface area contributed by atoms with Crippen LogP contribution in [0.3, 0.4) is 0 Å². The lowest BCUT2D eigenvalue weighted by atomic mass is 9.96. The van der Waals surface area contributed by atoms with Gasteiger partial charge in [0.1, 0.15) is 5.65 Å². The van der Waals surface area contributed by atoms with E-state index in [9.17, 15) is 5.11 Å². The van der Waals surface area contributed by atoms with Crippen molar-refractivity contribution >= 4 is 5.65 Å². The molecule has 5 nitrogen and oxygen atoms in total. The largest absolute Gasteiger partial charge is 0.389 e. The van der Waals surface area contributed by atoms with Gasteiger partial charge < -0.3 is 9.51 Å². The van der Waals surface area contributed by atoms with E-state index in [-0.39, 0.29) is 0 Å². The minimum absolute atomic E-state index is 0.524. The van der Waals surface area contributed by atoms with Crippen LogP contribution in [-0.2, 0) is 6.54 Å². The molecule has 0 aliphatic carbocycles. The first-order valence-electron chi connectivity index (χ1n) is 8.71. The highest BCUT2D eigenvalue weighted by molar-refractivity contribution is 5.39. The van der Waals surface area contributed by atoms with Crippen molar-refractivity contribution in [1.29, 1.82) is 0 Å². The van der Waals surface area contributed by atoms with Crippen LogP contribution >= 0.6 is 0 Å². The molecule has 2 aromatic rings. The van der Waals surface area contributed by atoms with Crippen LogP contribution in [-0.4, -0.2) is 62.6 Å². The fraction of sp³-hybridized carbons (Fsp3) is 0.611. The lowest BCUT2D eigenvalue weighted by molar-refractivity contribution is -0.0162. The van der Waals surface area contributed by atoms with E-state index in [1.165, 1.54) is 0 Å². The third-order valence-corrected chi connectivity index (χ3v) is 5.10. The average molecular weight is 316 g/mol. The predicted octanol–water partition coefficient (Wildman–Crippen LogP) is 2.00. The summed E-state index contributed by atoms with van der Waals surface area (Å²) in [5, 5.41) is 10.5. The molecule has 1 aliphatic heterocycles. The molecule has 0 spiro atoms. The Morgan fingerprint density at radius 2 is 1.78 bits per heavy atom. The third kappa shape index (κ3) is 3.91. The molecule has 1 fully saturated rings. The van der Waals surface area contributed by atoms with Gasteiger partial charge in [-0.2, -0.15) is 0 Å². The molecule has 2 aromatic heterocycles. The zero-order valence-electron chi connectivity index (χ0n) is 14.3. The van der Waals surface area contributed by atoms with Crippen molar-refractivity contribution in [2.45, 2.75) is 38.8 Å². The van der Waals surface area contributed by atoms with Crippen LogP contribution < -0.4 is 0 Å². The molecule has 0 radical (unpaired) electrons. The fourth-order valence-corrected chi connectivity index (χ4v) is 3.29. The molecule has 3 rings (SSSR count). The first kappa shape index (κ1) is 16.4. The standard InChI is InChI=1S/C18H28N4O/c1-3-18(23,4-2)15-21-11-9-20(10-12-21)13-16-14-22-8-6-5-7-17(22)19-16/h5-8,14,23H,3-4,9-13,15H2,1-2H3. The minimum Gasteiger partial charge on any atom is -0.389 e. The Morgan fingerprint density at radius 3 is 2.43 bits per heavy atom. The molecule has 0 bridgehead atoms. The van der Waals surface area contributed by atoms with Crippen molar-refractivity contribution in [2.24, 2.45) is 0 Å². The first-order chi connectivity index (χ1) is 11.1. The molecule has 0 amide bonds. The third-order valence-electron chi connectivity index (χ3n) is 5.10. The van der Waals surface area contributed by atoms with Crippen LogP contribution in [0.4, 0.5) is 0 Å². The predicted molar refractivity (Wildman–Crippen MR) is 92.4 cm³/mol. The van der Waals surface area contributed by atoms with Crippen molar-refractivity contribution in [3.8, 4) is 0 Å². The highest BCUT2D eigenvalue weighted by Crippen LogP contribution is 2.18. The Kier molecular flexibility index (Phi) is 4.99. The van der Waals surface area contributed by atoms with E-state index < -0.39 is 5.60 Å². The van der Waals surface area contributed by atoms with E-state index in [1.54, 1.807) is 0 Å². The summed E-state index contributed by atoms with van der Waals surface area (Å²) < 4.78 is 2.08. The molecule has 3 heterocycles. The summed E-state index contributed by atoms with van der Waals surface area (Å²) in [6.45, 7) is 9.97. The smallest absolute Gasteiger partial charge is 0.137 e. The number of β-amino-alcohol motifs (C(OH)–C–C–N with tert-alkyl or cyclic N) is 1. The number of fused-ring (bicyclic) bond motifs is 1. The zero-order chi connectivity index (χ0) is 16.3. The number of hydrogen-bond acceptors (Lipinski definition) is 4. The lowest BCUT2D eigenvalue weighted by Gasteiger charge is -2.38. The van der Waals surface area contributed by atoms with Gasteiger partial charge in [0.25, 0.3) is 0 Å². The maximum atomic E-state index is 10.5. The van der Waals surface area contributed by atoms with Gasteiger partial charge in [-0.1, -0.05) is 19.9 Å². The van der Waals surface area contributed by atoms with Gasteiger partial charge in [0.15, 0.2) is 0 Å². The van der Waals surface area contributed by atoms with Gasteiger partial charge in [-0.25, -0.2) is 4.98 Å². The number of aliphatic hydroxyl groups is 1. The van der Waals surface area contributed by atoms with Gasteiger partial charge in [0.2, 0.25) is 0 Å². The van der Waals surface area contributed by atoms with E-state index in [0.29, 0.717) is 0 Å². The number of imidazole rings is 1. The van der Waals surface area contributed by atoms with Gasteiger partial charge in [-0.05, 0) is 25.0 Å². The Hall–Kier alpha value is -1.43. The van der Waals surface area contributed by atoms with Crippen molar-refractivity contribution in [2.75, 3.05) is 32.7 Å². The lowest BCUT2D eigenvalue weighted by Crippen LogP contribution is -2.51. The van der Waals surface area contributed by atoms with E-state index in [0.717, 1.165) is 63.5 Å². The molecule has 0 unspecified atom stereocenters. The maximum absolute atomic E-state index is 10.5. The summed E-state index contributed by atoms with van der Waals surface area (Å²) in [6.07, 6.45) is 5.81. The van der Waals surface area contributed by atoms with Gasteiger partial charge in [0.05, 0.1) is 11.3 Å². The number of nitrogens with zero attached hydrogens (tertiary/aromatic N) is 4. The van der Waals surface area contributed by atoms with Crippen molar-refractivity contribution in [3.63, 3.8) is 0 Å². The highest BCUT2D eigenvalue weighted by atomic mass is 16.3. The minimum atomic E-state index is -0.524. The van der Waals surface area contributed by atoms with E-state index in [4.69, 9.17) is 0 Å². The molecular formula is C18H28N4O. The summed E-state index contributed by atoms with van der Waals surface area (Å²) in [5.41, 5.74) is 1.62. The Labute approximate surface area is 138 Å². The second-order valence-corrected chi connectivity index (χ2v) is 6.68. The van der Waals surface area contributed by atoms with Gasteiger partial charge in [0, 0.05) is 51.7 Å². The summed E-state index contributed by atoms with van der Waals surface area (Å²) in [7, 11) is 0. The molecule has 0 saturated carbocycles. The van der Waals surface area contributed by atoms with Crippen LogP contribution in [0.5, 0.6) is 0 Å². The van der Waals surface area contributed by atoms with Crippen LogP contribution in [0.2, 0.25) is 0 Å². The molecule has 23 heavy (non-hydrogen) atoms. The fourth-order valence-electron chi connectivity index (χ4n) is 3.29. The SMILES string of the molecule is CCC(O)(CC)CN1CCN(Cc2cn3ccccc3n2)CC1. The van der Waals surface area contributed by atoms with E-state index in [2.05, 4.69) is 39.2 Å². The molecular weight excluding hydrogens is 288 g/mol. The summed E-state index contributed by atoms with van der Waals surface area (Å²) in [4.78, 5) is 9.53. The van der Waals surface area contributed by atoms with Crippen molar-refractivity contribution in [1.82, 2.24) is 19.2 Å². The van der Waals surface area contributed by atoms with E-state index >= 15 is 0 Å². The van der Waals surface area contributed by atoms with Crippen LogP contribution in [0.15, 0.2) is 30.6 Å². The quantitative estimate of drug-likeness (QED) is 0.885. The molecule has 1 N–H and O–H groups in total. The van der Waals surface area contributed by atoms with Crippen LogP contribution in [0.1, 0.15) is 32.4 Å². The second-order valence-electron chi connectivity index (χ2n) is 6.68. The van der Waals surface area contributed by atoms with Crippen LogP contribution in [0, 0.1) is 0 Å².